The van der Waals surface area contributed by atoms with Gasteiger partial charge in [-0.15, -0.1) is 0 Å². The number of aromatic amines is 1. The first-order chi connectivity index (χ1) is 12.7. The molecule has 2 heterocycles. The van der Waals surface area contributed by atoms with Gasteiger partial charge in [0, 0.05) is 36.6 Å². The van der Waals surface area contributed by atoms with Crippen molar-refractivity contribution in [1.82, 2.24) is 20.4 Å². The predicted octanol–water partition coefficient (Wildman–Crippen LogP) is 2.82. The van der Waals surface area contributed by atoms with Crippen molar-refractivity contribution in [2.24, 2.45) is 0 Å². The molecule has 1 aromatic carbocycles. The minimum Gasteiger partial charge on any atom is -0.450 e. The van der Waals surface area contributed by atoms with Crippen LogP contribution in [0.2, 0.25) is 0 Å². The zero-order chi connectivity index (χ0) is 18.4. The van der Waals surface area contributed by atoms with Crippen molar-refractivity contribution >= 4 is 17.8 Å². The minimum atomic E-state index is -0.286. The maximum Gasteiger partial charge on any atom is 0.409 e. The third kappa shape index (κ3) is 4.53. The van der Waals surface area contributed by atoms with Crippen LogP contribution in [0.5, 0.6) is 0 Å². The van der Waals surface area contributed by atoms with Gasteiger partial charge in [0.2, 0.25) is 0 Å². The van der Waals surface area contributed by atoms with E-state index in [1.54, 1.807) is 18.0 Å². The third-order valence-corrected chi connectivity index (χ3v) is 4.29. The maximum atomic E-state index is 12.2. The number of carbonyl (C=O) groups is 2. The Labute approximate surface area is 151 Å². The lowest BCUT2D eigenvalue weighted by atomic mass is 10.1. The summed E-state index contributed by atoms with van der Waals surface area (Å²) in [4.78, 5) is 25.6. The summed E-state index contributed by atoms with van der Waals surface area (Å²) in [6, 6.07) is 9.21. The number of urea groups is 1. The Kier molecular flexibility index (Phi) is 5.73. The summed E-state index contributed by atoms with van der Waals surface area (Å²) < 4.78 is 5.00. The molecule has 0 aliphatic carbocycles. The van der Waals surface area contributed by atoms with Crippen molar-refractivity contribution in [3.8, 4) is 11.3 Å². The normalized spacial score (nSPS) is 14.7. The molecule has 0 unspecified atom stereocenters. The average Bonchev–Trinajstić information content (AvgIpc) is 3.17. The number of hydrogen-bond acceptors (Lipinski definition) is 4. The van der Waals surface area contributed by atoms with Crippen LogP contribution in [-0.4, -0.2) is 53.0 Å². The highest BCUT2D eigenvalue weighted by atomic mass is 16.6. The van der Waals surface area contributed by atoms with Gasteiger partial charge >= 0.3 is 12.1 Å². The number of piperidine rings is 1. The van der Waals surface area contributed by atoms with Crippen LogP contribution in [-0.2, 0) is 4.74 Å². The number of carbonyl (C=O) groups excluding carboxylic acids is 2. The van der Waals surface area contributed by atoms with E-state index in [1.165, 1.54) is 0 Å². The van der Waals surface area contributed by atoms with E-state index in [1.807, 2.05) is 30.3 Å². The lowest BCUT2D eigenvalue weighted by Crippen LogP contribution is -2.47. The highest BCUT2D eigenvalue weighted by molar-refractivity contribution is 5.90. The minimum absolute atomic E-state index is 0.0384. The summed E-state index contributed by atoms with van der Waals surface area (Å²) in [5.41, 5.74) is 2.54. The number of amides is 3. The fourth-order valence-electron chi connectivity index (χ4n) is 2.95. The summed E-state index contributed by atoms with van der Waals surface area (Å²) in [6.45, 7) is 3.33. The predicted molar refractivity (Wildman–Crippen MR) is 97.8 cm³/mol. The van der Waals surface area contributed by atoms with Crippen molar-refractivity contribution in [3.05, 3.63) is 36.5 Å². The second-order valence-electron chi connectivity index (χ2n) is 6.11. The molecule has 3 amide bonds. The Morgan fingerprint density at radius 1 is 1.31 bits per heavy atom. The van der Waals surface area contributed by atoms with E-state index in [2.05, 4.69) is 20.8 Å². The van der Waals surface area contributed by atoms with Crippen molar-refractivity contribution in [1.29, 1.82) is 0 Å². The van der Waals surface area contributed by atoms with E-state index in [9.17, 15) is 9.59 Å². The summed E-state index contributed by atoms with van der Waals surface area (Å²) in [6.07, 6.45) is 2.82. The number of nitrogens with one attached hydrogen (secondary N) is 3. The van der Waals surface area contributed by atoms with Gasteiger partial charge in [0.1, 0.15) is 0 Å². The monoisotopic (exact) mass is 357 g/mol. The zero-order valence-corrected chi connectivity index (χ0v) is 14.7. The number of benzene rings is 1. The van der Waals surface area contributed by atoms with E-state index < -0.39 is 0 Å². The molecule has 3 rings (SSSR count). The maximum absolute atomic E-state index is 12.2. The van der Waals surface area contributed by atoms with Crippen LogP contribution in [0.3, 0.4) is 0 Å². The van der Waals surface area contributed by atoms with E-state index in [0.717, 1.165) is 11.3 Å². The number of likely N-dealkylation sites (tertiary alicyclic amines) is 1. The molecule has 0 saturated carbocycles. The van der Waals surface area contributed by atoms with E-state index in [0.29, 0.717) is 38.2 Å². The van der Waals surface area contributed by atoms with Crippen LogP contribution in [0.1, 0.15) is 19.8 Å². The van der Waals surface area contributed by atoms with Gasteiger partial charge in [-0.1, -0.05) is 12.1 Å². The molecule has 0 atom stereocenters. The topological polar surface area (TPSA) is 99.3 Å². The number of H-pyrrole nitrogens is 1. The SMILES string of the molecule is CCOC(=O)N1CCC(NC(=O)Nc2cccc(-c3ccn[nH]3)c2)CC1. The Bertz CT molecular complexity index is 739. The van der Waals surface area contributed by atoms with Crippen LogP contribution in [0.15, 0.2) is 36.5 Å². The third-order valence-electron chi connectivity index (χ3n) is 4.29. The van der Waals surface area contributed by atoms with Gasteiger partial charge in [0.05, 0.1) is 12.3 Å². The first kappa shape index (κ1) is 17.8. The summed E-state index contributed by atoms with van der Waals surface area (Å²) >= 11 is 0. The summed E-state index contributed by atoms with van der Waals surface area (Å²) in [5, 5.41) is 12.7. The second kappa shape index (κ2) is 8.37. The fourth-order valence-corrected chi connectivity index (χ4v) is 2.95. The van der Waals surface area contributed by atoms with Gasteiger partial charge in [-0.25, -0.2) is 9.59 Å². The molecule has 2 aromatic rings. The van der Waals surface area contributed by atoms with Gasteiger partial charge in [0.15, 0.2) is 0 Å². The standard InChI is InChI=1S/C18H23N5O3/c1-2-26-18(25)23-10-7-14(8-11-23)20-17(24)21-15-5-3-4-13(12-15)16-6-9-19-22-16/h3-6,9,12,14H,2,7-8,10-11H2,1H3,(H,19,22)(H2,20,21,24). The molecular weight excluding hydrogens is 334 g/mol. The van der Waals surface area contributed by atoms with Crippen LogP contribution in [0, 0.1) is 0 Å². The average molecular weight is 357 g/mol. The highest BCUT2D eigenvalue weighted by Gasteiger charge is 2.24. The number of ether oxygens (including phenoxy) is 1. The number of aromatic nitrogens is 2. The van der Waals surface area contributed by atoms with Crippen LogP contribution >= 0.6 is 0 Å². The highest BCUT2D eigenvalue weighted by Crippen LogP contribution is 2.20. The summed E-state index contributed by atoms with van der Waals surface area (Å²) in [5.74, 6) is 0. The molecule has 8 heteroatoms. The van der Waals surface area contributed by atoms with Gasteiger partial charge < -0.3 is 20.3 Å². The first-order valence-corrected chi connectivity index (χ1v) is 8.74. The van der Waals surface area contributed by atoms with Crippen molar-refractivity contribution in [2.75, 3.05) is 25.0 Å². The molecule has 1 aliphatic rings. The van der Waals surface area contributed by atoms with Gasteiger partial charge in [-0.05, 0) is 38.0 Å². The molecule has 1 aromatic heterocycles. The fraction of sp³-hybridized carbons (Fsp3) is 0.389. The van der Waals surface area contributed by atoms with Crippen LogP contribution < -0.4 is 10.6 Å². The molecule has 1 aliphatic heterocycles. The molecule has 138 valence electrons. The number of anilines is 1. The molecule has 0 bridgehead atoms. The molecular formula is C18H23N5O3. The molecule has 3 N–H and O–H groups in total. The lowest BCUT2D eigenvalue weighted by Gasteiger charge is -2.31. The lowest BCUT2D eigenvalue weighted by molar-refractivity contribution is 0.0959. The largest absolute Gasteiger partial charge is 0.450 e. The Hall–Kier alpha value is -3.03. The van der Waals surface area contributed by atoms with Crippen molar-refractivity contribution in [3.63, 3.8) is 0 Å². The van der Waals surface area contributed by atoms with E-state index in [4.69, 9.17) is 4.74 Å². The van der Waals surface area contributed by atoms with Gasteiger partial charge in [0.25, 0.3) is 0 Å². The molecule has 1 saturated heterocycles. The second-order valence-corrected chi connectivity index (χ2v) is 6.11. The Morgan fingerprint density at radius 2 is 2.12 bits per heavy atom. The van der Waals surface area contributed by atoms with Crippen molar-refractivity contribution in [2.45, 2.75) is 25.8 Å². The van der Waals surface area contributed by atoms with E-state index in [-0.39, 0.29) is 18.2 Å². The molecule has 0 spiro atoms. The number of rotatable bonds is 4. The molecule has 26 heavy (non-hydrogen) atoms. The summed E-state index contributed by atoms with van der Waals surface area (Å²) in [7, 11) is 0. The van der Waals surface area contributed by atoms with E-state index >= 15 is 0 Å². The first-order valence-electron chi connectivity index (χ1n) is 8.74. The Morgan fingerprint density at radius 3 is 2.81 bits per heavy atom. The van der Waals surface area contributed by atoms with Gasteiger partial charge in [-0.3, -0.25) is 5.10 Å². The number of nitrogens with zero attached hydrogens (tertiary/aromatic N) is 2. The van der Waals surface area contributed by atoms with Crippen LogP contribution in [0.25, 0.3) is 11.3 Å². The zero-order valence-electron chi connectivity index (χ0n) is 14.7. The van der Waals surface area contributed by atoms with Crippen LogP contribution in [0.4, 0.5) is 15.3 Å². The molecule has 1 fully saturated rings. The van der Waals surface area contributed by atoms with Crippen molar-refractivity contribution < 1.29 is 14.3 Å². The van der Waals surface area contributed by atoms with Gasteiger partial charge in [-0.2, -0.15) is 5.10 Å². The Balaban J connectivity index is 1.49. The quantitative estimate of drug-likeness (QED) is 0.783. The number of hydrogen-bond donors (Lipinski definition) is 3. The molecule has 8 nitrogen and oxygen atoms in total. The molecule has 0 radical (unpaired) electrons. The smallest absolute Gasteiger partial charge is 0.409 e.